The van der Waals surface area contributed by atoms with E-state index in [1.54, 1.807) is 36.9 Å². The summed E-state index contributed by atoms with van der Waals surface area (Å²) < 4.78 is 16.3. The van der Waals surface area contributed by atoms with Crippen LogP contribution in [0.2, 0.25) is 0 Å². The summed E-state index contributed by atoms with van der Waals surface area (Å²) in [5.41, 5.74) is 1.63. The Hall–Kier alpha value is -3.48. The lowest BCUT2D eigenvalue weighted by Crippen LogP contribution is -2.32. The highest BCUT2D eigenvalue weighted by Crippen LogP contribution is 2.29. The Bertz CT molecular complexity index is 1260. The van der Waals surface area contributed by atoms with Gasteiger partial charge in [0.1, 0.15) is 17.4 Å². The van der Waals surface area contributed by atoms with Crippen LogP contribution in [0.25, 0.3) is 21.8 Å². The van der Waals surface area contributed by atoms with Crippen LogP contribution in [0.3, 0.4) is 0 Å². The van der Waals surface area contributed by atoms with Crippen molar-refractivity contribution < 1.29 is 9.18 Å². The zero-order valence-corrected chi connectivity index (χ0v) is 15.5. The maximum Gasteiger partial charge on any atom is 0.291 e. The highest BCUT2D eigenvalue weighted by molar-refractivity contribution is 6.08. The number of amides is 1. The number of carbonyl (C=O) groups is 1. The van der Waals surface area contributed by atoms with Gasteiger partial charge in [-0.3, -0.25) is 9.59 Å². The molecular weight excluding hydrogens is 359 g/mol. The number of hydrogen-bond donors (Lipinski definition) is 1. The van der Waals surface area contributed by atoms with Gasteiger partial charge in [-0.05, 0) is 30.7 Å². The molecule has 2 aromatic heterocycles. The molecule has 0 radical (unpaired) electrons. The van der Waals surface area contributed by atoms with Crippen LogP contribution in [0.15, 0.2) is 59.5 Å². The third kappa shape index (κ3) is 2.94. The molecule has 7 heteroatoms. The van der Waals surface area contributed by atoms with Crippen molar-refractivity contribution in [3.63, 3.8) is 0 Å². The van der Waals surface area contributed by atoms with E-state index in [-0.39, 0.29) is 23.8 Å². The molecule has 2 heterocycles. The highest BCUT2D eigenvalue weighted by Gasteiger charge is 2.23. The Morgan fingerprint density at radius 1 is 1.18 bits per heavy atom. The smallest absolute Gasteiger partial charge is 0.291 e. The van der Waals surface area contributed by atoms with Gasteiger partial charge in [0.15, 0.2) is 0 Å². The minimum Gasteiger partial charge on any atom is -0.350 e. The van der Waals surface area contributed by atoms with E-state index in [1.165, 1.54) is 16.8 Å². The monoisotopic (exact) mass is 378 g/mol. The Kier molecular flexibility index (Phi) is 4.43. The summed E-state index contributed by atoms with van der Waals surface area (Å²) >= 11 is 0. The second kappa shape index (κ2) is 6.92. The van der Waals surface area contributed by atoms with Crippen molar-refractivity contribution in [3.8, 4) is 0 Å². The molecule has 6 nitrogen and oxygen atoms in total. The first kappa shape index (κ1) is 17.9. The van der Waals surface area contributed by atoms with Crippen molar-refractivity contribution in [1.82, 2.24) is 19.7 Å². The summed E-state index contributed by atoms with van der Waals surface area (Å²) in [7, 11) is 1.58. The van der Waals surface area contributed by atoms with E-state index in [0.717, 1.165) is 10.9 Å². The van der Waals surface area contributed by atoms with Gasteiger partial charge in [0.25, 0.3) is 5.56 Å². The fourth-order valence-corrected chi connectivity index (χ4v) is 3.49. The molecule has 0 aliphatic carbocycles. The first-order chi connectivity index (χ1) is 13.5. The minimum absolute atomic E-state index is 0.206. The number of carbonyl (C=O) groups excluding carboxylic acids is 1. The van der Waals surface area contributed by atoms with E-state index >= 15 is 0 Å². The number of aryl methyl sites for hydroxylation is 1. The molecule has 0 fully saturated rings. The quantitative estimate of drug-likeness (QED) is 0.594. The van der Waals surface area contributed by atoms with Gasteiger partial charge in [-0.15, -0.1) is 0 Å². The molecule has 4 rings (SSSR count). The first-order valence-electron chi connectivity index (χ1n) is 8.94. The number of nitrogens with zero attached hydrogens (tertiary/aromatic N) is 3. The summed E-state index contributed by atoms with van der Waals surface area (Å²) in [6.45, 7) is 1.95. The summed E-state index contributed by atoms with van der Waals surface area (Å²) in [5.74, 6) is -0.607. The average molecular weight is 378 g/mol. The van der Waals surface area contributed by atoms with E-state index in [4.69, 9.17) is 0 Å². The third-order valence-corrected chi connectivity index (χ3v) is 4.93. The zero-order chi connectivity index (χ0) is 19.8. The molecule has 4 aromatic rings. The number of para-hydroxylation sites is 1. The predicted octanol–water partition coefficient (Wildman–Crippen LogP) is 2.90. The van der Waals surface area contributed by atoms with Crippen LogP contribution in [-0.4, -0.2) is 20.3 Å². The predicted molar refractivity (Wildman–Crippen MR) is 105 cm³/mol. The SMILES string of the molecule is C[C@@H](C(=O)NCc1cccc(F)c1)n1c2ccccc2c2cnn(C)c(=O)c21. The maximum atomic E-state index is 13.3. The molecule has 0 aliphatic heterocycles. The zero-order valence-electron chi connectivity index (χ0n) is 15.5. The normalized spacial score (nSPS) is 12.4. The van der Waals surface area contributed by atoms with Crippen molar-refractivity contribution in [2.45, 2.75) is 19.5 Å². The van der Waals surface area contributed by atoms with Crippen LogP contribution < -0.4 is 10.9 Å². The first-order valence-corrected chi connectivity index (χ1v) is 8.94. The summed E-state index contributed by atoms with van der Waals surface area (Å²) in [4.78, 5) is 25.6. The van der Waals surface area contributed by atoms with E-state index in [0.29, 0.717) is 16.5 Å². The number of nitrogens with one attached hydrogen (secondary N) is 1. The van der Waals surface area contributed by atoms with Crippen LogP contribution in [0.5, 0.6) is 0 Å². The van der Waals surface area contributed by atoms with Crippen molar-refractivity contribution in [3.05, 3.63) is 76.5 Å². The molecule has 0 spiro atoms. The molecule has 1 atom stereocenters. The van der Waals surface area contributed by atoms with Crippen molar-refractivity contribution in [1.29, 1.82) is 0 Å². The third-order valence-electron chi connectivity index (χ3n) is 4.93. The minimum atomic E-state index is -0.633. The Balaban J connectivity index is 1.75. The van der Waals surface area contributed by atoms with Crippen molar-refractivity contribution in [2.24, 2.45) is 7.05 Å². The second-order valence-electron chi connectivity index (χ2n) is 6.75. The topological polar surface area (TPSA) is 68.9 Å². The molecular formula is C21H19FN4O2. The fourth-order valence-electron chi connectivity index (χ4n) is 3.49. The Labute approximate surface area is 160 Å². The molecule has 0 saturated carbocycles. The second-order valence-corrected chi connectivity index (χ2v) is 6.75. The lowest BCUT2D eigenvalue weighted by molar-refractivity contribution is -0.123. The largest absolute Gasteiger partial charge is 0.350 e. The van der Waals surface area contributed by atoms with Crippen LogP contribution in [0.4, 0.5) is 4.39 Å². The number of benzene rings is 2. The van der Waals surface area contributed by atoms with Gasteiger partial charge in [-0.2, -0.15) is 5.10 Å². The van der Waals surface area contributed by atoms with Crippen molar-refractivity contribution in [2.75, 3.05) is 0 Å². The lowest BCUT2D eigenvalue weighted by Gasteiger charge is -2.16. The Morgan fingerprint density at radius 2 is 1.96 bits per heavy atom. The molecule has 0 unspecified atom stereocenters. The molecule has 0 bridgehead atoms. The number of halogens is 1. The van der Waals surface area contributed by atoms with Crippen LogP contribution in [0, 0.1) is 5.82 Å². The van der Waals surface area contributed by atoms with Gasteiger partial charge in [-0.1, -0.05) is 30.3 Å². The molecule has 0 aliphatic rings. The van der Waals surface area contributed by atoms with E-state index in [9.17, 15) is 14.0 Å². The van der Waals surface area contributed by atoms with Gasteiger partial charge < -0.3 is 9.88 Å². The van der Waals surface area contributed by atoms with Gasteiger partial charge in [0.2, 0.25) is 5.91 Å². The van der Waals surface area contributed by atoms with Gasteiger partial charge in [-0.25, -0.2) is 9.07 Å². The Morgan fingerprint density at radius 3 is 2.75 bits per heavy atom. The fraction of sp³-hybridized carbons (Fsp3) is 0.190. The standard InChI is InChI=1S/C21H19FN4O2/c1-13(20(27)23-11-14-6-5-7-15(22)10-14)26-18-9-4-3-8-16(18)17-12-24-25(2)21(28)19(17)26/h3-10,12-13H,11H2,1-2H3,(H,23,27)/t13-/m0/s1. The number of fused-ring (bicyclic) bond motifs is 3. The van der Waals surface area contributed by atoms with Crippen LogP contribution >= 0.6 is 0 Å². The summed E-state index contributed by atoms with van der Waals surface area (Å²) in [5, 5.41) is 8.52. The van der Waals surface area contributed by atoms with E-state index < -0.39 is 6.04 Å². The van der Waals surface area contributed by atoms with Gasteiger partial charge in [0, 0.05) is 24.4 Å². The van der Waals surface area contributed by atoms with Gasteiger partial charge in [0.05, 0.1) is 11.7 Å². The molecule has 1 amide bonds. The molecule has 28 heavy (non-hydrogen) atoms. The maximum absolute atomic E-state index is 13.3. The summed E-state index contributed by atoms with van der Waals surface area (Å²) in [6.07, 6.45) is 1.65. The number of hydrogen-bond acceptors (Lipinski definition) is 3. The van der Waals surface area contributed by atoms with Crippen LogP contribution in [-0.2, 0) is 18.4 Å². The van der Waals surface area contributed by atoms with E-state index in [1.807, 2.05) is 24.3 Å². The lowest BCUT2D eigenvalue weighted by atomic mass is 10.2. The van der Waals surface area contributed by atoms with E-state index in [2.05, 4.69) is 10.4 Å². The molecule has 1 N–H and O–H groups in total. The van der Waals surface area contributed by atoms with Crippen molar-refractivity contribution >= 4 is 27.7 Å². The summed E-state index contributed by atoms with van der Waals surface area (Å²) in [6, 6.07) is 13.0. The molecule has 142 valence electrons. The number of aromatic nitrogens is 3. The molecule has 0 saturated heterocycles. The highest BCUT2D eigenvalue weighted by atomic mass is 19.1. The number of rotatable bonds is 4. The molecule has 2 aromatic carbocycles. The van der Waals surface area contributed by atoms with Crippen LogP contribution in [0.1, 0.15) is 18.5 Å². The van der Waals surface area contributed by atoms with Gasteiger partial charge >= 0.3 is 0 Å². The average Bonchev–Trinajstić information content (AvgIpc) is 3.03.